The molecule has 1 saturated heterocycles. The summed E-state index contributed by atoms with van der Waals surface area (Å²) in [6.45, 7) is 7.76. The van der Waals surface area contributed by atoms with Gasteiger partial charge >= 0.3 is 0 Å². The zero-order valence-corrected chi connectivity index (χ0v) is 14.1. The Morgan fingerprint density at radius 1 is 1.18 bits per heavy atom. The predicted octanol–water partition coefficient (Wildman–Crippen LogP) is 3.75. The van der Waals surface area contributed by atoms with Crippen LogP contribution in [0, 0.1) is 0 Å². The minimum absolute atomic E-state index is 0.344. The first kappa shape index (κ1) is 15.8. The van der Waals surface area contributed by atoms with Crippen LogP contribution in [0.4, 0.5) is 0 Å². The van der Waals surface area contributed by atoms with Gasteiger partial charge in [0, 0.05) is 30.7 Å². The summed E-state index contributed by atoms with van der Waals surface area (Å²) >= 11 is 0. The Balaban J connectivity index is 1.57. The van der Waals surface area contributed by atoms with Crippen molar-refractivity contribution in [2.24, 2.45) is 0 Å². The molecule has 0 aromatic heterocycles. The molecule has 1 atom stereocenters. The first-order chi connectivity index (χ1) is 10.8. The van der Waals surface area contributed by atoms with E-state index in [4.69, 9.17) is 4.74 Å². The summed E-state index contributed by atoms with van der Waals surface area (Å²) in [6, 6.07) is 9.72. The molecule has 3 rings (SSSR count). The van der Waals surface area contributed by atoms with E-state index in [1.807, 2.05) is 0 Å². The number of para-hydroxylation sites is 1. The molecule has 1 aliphatic carbocycles. The summed E-state index contributed by atoms with van der Waals surface area (Å²) in [5, 5.41) is 3.49. The van der Waals surface area contributed by atoms with Crippen molar-refractivity contribution < 1.29 is 4.74 Å². The Morgan fingerprint density at radius 3 is 2.55 bits per heavy atom. The van der Waals surface area contributed by atoms with Gasteiger partial charge in [0.2, 0.25) is 0 Å². The highest BCUT2D eigenvalue weighted by atomic mass is 16.5. The van der Waals surface area contributed by atoms with Gasteiger partial charge in [0.15, 0.2) is 0 Å². The van der Waals surface area contributed by atoms with E-state index in [0.717, 1.165) is 18.3 Å². The smallest absolute Gasteiger partial charge is 0.124 e. The minimum atomic E-state index is 0.344. The van der Waals surface area contributed by atoms with Crippen LogP contribution in [-0.2, 0) is 0 Å². The predicted molar refractivity (Wildman–Crippen MR) is 91.4 cm³/mol. The lowest BCUT2D eigenvalue weighted by atomic mass is 9.90. The molecule has 1 saturated carbocycles. The molecule has 0 radical (unpaired) electrons. The highest BCUT2D eigenvalue weighted by molar-refractivity contribution is 5.35. The summed E-state index contributed by atoms with van der Waals surface area (Å²) in [6.07, 6.45) is 6.96. The molecule has 1 aliphatic heterocycles. The molecule has 1 aromatic rings. The first-order valence-corrected chi connectivity index (χ1v) is 9.01. The number of likely N-dealkylation sites (tertiary alicyclic amines) is 1. The second-order valence-electron chi connectivity index (χ2n) is 6.76. The fourth-order valence-corrected chi connectivity index (χ4v) is 3.65. The monoisotopic (exact) mass is 302 g/mol. The van der Waals surface area contributed by atoms with Crippen molar-refractivity contribution in [1.29, 1.82) is 0 Å². The van der Waals surface area contributed by atoms with Crippen molar-refractivity contribution in [3.05, 3.63) is 29.8 Å². The third-order valence-corrected chi connectivity index (χ3v) is 5.26. The van der Waals surface area contributed by atoms with E-state index >= 15 is 0 Å². The van der Waals surface area contributed by atoms with Gasteiger partial charge < -0.3 is 15.0 Å². The Morgan fingerprint density at radius 2 is 1.91 bits per heavy atom. The molecule has 3 nitrogen and oxygen atoms in total. The summed E-state index contributed by atoms with van der Waals surface area (Å²) in [4.78, 5) is 2.68. The standard InChI is InChI=1S/C19H30N2O/c1-3-20-15(2)18-9-4-5-10-19(18)22-17-11-13-21(14-12-17)16-7-6-8-16/h4-5,9-10,15-17,20H,3,6-8,11-14H2,1-2H3. The van der Waals surface area contributed by atoms with Crippen molar-refractivity contribution in [3.8, 4) is 5.75 Å². The first-order valence-electron chi connectivity index (χ1n) is 9.01. The Labute approximate surface area is 135 Å². The minimum Gasteiger partial charge on any atom is -0.490 e. The van der Waals surface area contributed by atoms with E-state index in [-0.39, 0.29) is 0 Å². The SMILES string of the molecule is CCNC(C)c1ccccc1OC1CCN(C2CCC2)CC1. The molecule has 3 heteroatoms. The lowest BCUT2D eigenvalue weighted by molar-refractivity contribution is 0.0488. The van der Waals surface area contributed by atoms with Crippen LogP contribution in [0.2, 0.25) is 0 Å². The second kappa shape index (κ2) is 7.47. The van der Waals surface area contributed by atoms with Crippen LogP contribution in [0.3, 0.4) is 0 Å². The van der Waals surface area contributed by atoms with Crippen molar-refractivity contribution in [1.82, 2.24) is 10.2 Å². The molecule has 1 unspecified atom stereocenters. The van der Waals surface area contributed by atoms with Gasteiger partial charge in [-0.25, -0.2) is 0 Å². The molecule has 1 N–H and O–H groups in total. The fraction of sp³-hybridized carbons (Fsp3) is 0.684. The van der Waals surface area contributed by atoms with E-state index in [1.165, 1.54) is 50.8 Å². The van der Waals surface area contributed by atoms with Crippen molar-refractivity contribution >= 4 is 0 Å². The summed E-state index contributed by atoms with van der Waals surface area (Å²) in [5.41, 5.74) is 1.28. The normalized spacial score (nSPS) is 22.3. The highest BCUT2D eigenvalue weighted by Gasteiger charge is 2.29. The summed E-state index contributed by atoms with van der Waals surface area (Å²) in [5.74, 6) is 1.07. The molecule has 0 bridgehead atoms. The lowest BCUT2D eigenvalue weighted by Crippen LogP contribution is -2.46. The quantitative estimate of drug-likeness (QED) is 0.866. The van der Waals surface area contributed by atoms with Crippen molar-refractivity contribution in [2.75, 3.05) is 19.6 Å². The van der Waals surface area contributed by atoms with Gasteiger partial charge in [-0.2, -0.15) is 0 Å². The molecule has 0 spiro atoms. The number of nitrogens with one attached hydrogen (secondary N) is 1. The van der Waals surface area contributed by atoms with Gasteiger partial charge in [0.05, 0.1) is 0 Å². The van der Waals surface area contributed by atoms with E-state index < -0.39 is 0 Å². The number of benzene rings is 1. The largest absolute Gasteiger partial charge is 0.490 e. The molecule has 22 heavy (non-hydrogen) atoms. The Hall–Kier alpha value is -1.06. The average Bonchev–Trinajstić information content (AvgIpc) is 2.48. The van der Waals surface area contributed by atoms with E-state index in [0.29, 0.717) is 12.1 Å². The van der Waals surface area contributed by atoms with E-state index in [2.05, 4.69) is 48.3 Å². The molecule has 1 heterocycles. The maximum absolute atomic E-state index is 6.37. The van der Waals surface area contributed by atoms with Gasteiger partial charge in [-0.05, 0) is 45.2 Å². The number of rotatable bonds is 6. The van der Waals surface area contributed by atoms with Gasteiger partial charge in [-0.3, -0.25) is 0 Å². The van der Waals surface area contributed by atoms with Crippen LogP contribution in [-0.4, -0.2) is 36.7 Å². The van der Waals surface area contributed by atoms with E-state index in [9.17, 15) is 0 Å². The van der Waals surface area contributed by atoms with Gasteiger partial charge in [-0.15, -0.1) is 0 Å². The third kappa shape index (κ3) is 3.64. The molecule has 122 valence electrons. The topological polar surface area (TPSA) is 24.5 Å². The number of nitrogens with zero attached hydrogens (tertiary/aromatic N) is 1. The average molecular weight is 302 g/mol. The third-order valence-electron chi connectivity index (χ3n) is 5.26. The Bertz CT molecular complexity index is 464. The molecule has 0 amide bonds. The van der Waals surface area contributed by atoms with Crippen LogP contribution >= 0.6 is 0 Å². The van der Waals surface area contributed by atoms with Crippen LogP contribution in [0.25, 0.3) is 0 Å². The number of hydrogen-bond acceptors (Lipinski definition) is 3. The summed E-state index contributed by atoms with van der Waals surface area (Å²) < 4.78 is 6.37. The van der Waals surface area contributed by atoms with Crippen LogP contribution in [0.5, 0.6) is 5.75 Å². The zero-order chi connectivity index (χ0) is 15.4. The van der Waals surface area contributed by atoms with Gasteiger partial charge in [-0.1, -0.05) is 31.5 Å². The molecular weight excluding hydrogens is 272 g/mol. The molecule has 2 fully saturated rings. The maximum Gasteiger partial charge on any atom is 0.124 e. The molecule has 1 aromatic carbocycles. The highest BCUT2D eigenvalue weighted by Crippen LogP contribution is 2.30. The van der Waals surface area contributed by atoms with Crippen molar-refractivity contribution in [2.45, 2.75) is 64.1 Å². The Kier molecular flexibility index (Phi) is 5.37. The summed E-state index contributed by atoms with van der Waals surface area (Å²) in [7, 11) is 0. The van der Waals surface area contributed by atoms with Crippen molar-refractivity contribution in [3.63, 3.8) is 0 Å². The lowest BCUT2D eigenvalue weighted by Gasteiger charge is -2.41. The number of piperidine rings is 1. The van der Waals surface area contributed by atoms with Gasteiger partial charge in [0.25, 0.3) is 0 Å². The zero-order valence-electron chi connectivity index (χ0n) is 14.1. The van der Waals surface area contributed by atoms with E-state index in [1.54, 1.807) is 0 Å². The molecule has 2 aliphatic rings. The second-order valence-corrected chi connectivity index (χ2v) is 6.76. The van der Waals surface area contributed by atoms with Crippen LogP contribution in [0.15, 0.2) is 24.3 Å². The molecular formula is C19H30N2O. The van der Waals surface area contributed by atoms with Gasteiger partial charge in [0.1, 0.15) is 11.9 Å². The number of ether oxygens (including phenoxy) is 1. The van der Waals surface area contributed by atoms with Crippen LogP contribution in [0.1, 0.15) is 57.6 Å². The fourth-order valence-electron chi connectivity index (χ4n) is 3.65. The number of hydrogen-bond donors (Lipinski definition) is 1. The maximum atomic E-state index is 6.37. The van der Waals surface area contributed by atoms with Crippen LogP contribution < -0.4 is 10.1 Å².